The molecule has 2 aromatic carbocycles. The van der Waals surface area contributed by atoms with Gasteiger partial charge in [0.25, 0.3) is 0 Å². The Morgan fingerprint density at radius 2 is 1.28 bits per heavy atom. The van der Waals surface area contributed by atoms with Crippen molar-refractivity contribution in [2.45, 2.75) is 144 Å². The molecular formula is C49H86FN3. The third kappa shape index (κ3) is 32.7. The smallest absolute Gasteiger partial charge is 0.123 e. The summed E-state index contributed by atoms with van der Waals surface area (Å²) in [7, 11) is 8.14. The lowest BCUT2D eigenvalue weighted by Gasteiger charge is -2.23. The third-order valence-corrected chi connectivity index (χ3v) is 6.78. The normalized spacial score (nSPS) is 11.1. The van der Waals surface area contributed by atoms with Gasteiger partial charge >= 0.3 is 0 Å². The highest BCUT2D eigenvalue weighted by Gasteiger charge is 2.14. The Labute approximate surface area is 332 Å². The van der Waals surface area contributed by atoms with Crippen molar-refractivity contribution in [3.05, 3.63) is 108 Å². The summed E-state index contributed by atoms with van der Waals surface area (Å²) in [5, 5.41) is 3.24. The summed E-state index contributed by atoms with van der Waals surface area (Å²) in [6.07, 6.45) is 2.16. The summed E-state index contributed by atoms with van der Waals surface area (Å²) in [4.78, 5) is 4.16. The van der Waals surface area contributed by atoms with Crippen LogP contribution in [0.25, 0.3) is 5.70 Å². The zero-order chi connectivity index (χ0) is 43.3. The summed E-state index contributed by atoms with van der Waals surface area (Å²) in [5.74, 6) is 6.15. The topological polar surface area (TPSA) is 18.5 Å². The molecule has 2 aromatic rings. The maximum absolute atomic E-state index is 13.0. The second-order valence-corrected chi connectivity index (χ2v) is 15.0. The van der Waals surface area contributed by atoms with Crippen LogP contribution in [0.15, 0.2) is 85.1 Å². The molecule has 0 saturated heterocycles. The lowest BCUT2D eigenvalue weighted by atomic mass is 9.90. The first-order valence-corrected chi connectivity index (χ1v) is 19.4. The zero-order valence-corrected chi connectivity index (χ0v) is 39.2. The molecule has 0 heterocycles. The maximum atomic E-state index is 13.0. The molecule has 0 saturated carbocycles. The van der Waals surface area contributed by atoms with Crippen LogP contribution in [0.5, 0.6) is 0 Å². The number of hydrogen-bond acceptors (Lipinski definition) is 3. The van der Waals surface area contributed by atoms with Crippen LogP contribution in [-0.4, -0.2) is 39.1 Å². The lowest BCUT2D eigenvalue weighted by molar-refractivity contribution is 0.469. The standard InChI is InChI=1S/C13H18FN.C13H20N2.C12H18.C5H12.3C2H6/c1-9(2)15-11(4)10(3)12-6-5-7-13(14)8-12;1-10-7-8-13(15(5)6)12(9-10)11(2)14(3)4;1-7-8-12(5,6)9-11(4)10(2)3;1-5(2,3)4;3*1-2/h5-8,10-11,15H,1H2,2-4H3;7-9H,2H2,1,3-6H3;9H,2H2,1,3-6H3;1-4H3;3*1-2H3/b;;11-9-;;;;/t10?,11-;;;;;;/m0....../s1. The van der Waals surface area contributed by atoms with Crippen molar-refractivity contribution in [3.63, 3.8) is 0 Å². The fourth-order valence-electron chi connectivity index (χ4n) is 4.13. The molecule has 0 aliphatic carbocycles. The predicted octanol–water partition coefficient (Wildman–Crippen LogP) is 14.7. The molecule has 0 bridgehead atoms. The van der Waals surface area contributed by atoms with E-state index in [0.717, 1.165) is 22.5 Å². The first-order valence-electron chi connectivity index (χ1n) is 19.4. The highest BCUT2D eigenvalue weighted by molar-refractivity contribution is 5.75. The minimum Gasteiger partial charge on any atom is -0.386 e. The number of anilines is 1. The first-order chi connectivity index (χ1) is 24.3. The van der Waals surface area contributed by atoms with Gasteiger partial charge in [-0.2, -0.15) is 0 Å². The van der Waals surface area contributed by atoms with Crippen LogP contribution in [0.2, 0.25) is 0 Å². The van der Waals surface area contributed by atoms with Crippen LogP contribution < -0.4 is 10.2 Å². The Kier molecular flexibility index (Phi) is 35.1. The van der Waals surface area contributed by atoms with Crippen molar-refractivity contribution in [2.24, 2.45) is 10.8 Å². The average molecular weight is 736 g/mol. The van der Waals surface area contributed by atoms with E-state index in [1.165, 1.54) is 28.5 Å². The lowest BCUT2D eigenvalue weighted by Crippen LogP contribution is -2.29. The Morgan fingerprint density at radius 1 is 0.811 bits per heavy atom. The van der Waals surface area contributed by atoms with Gasteiger partial charge in [0.15, 0.2) is 0 Å². The largest absolute Gasteiger partial charge is 0.386 e. The van der Waals surface area contributed by atoms with E-state index in [1.807, 2.05) is 87.4 Å². The van der Waals surface area contributed by atoms with E-state index < -0.39 is 0 Å². The van der Waals surface area contributed by atoms with Gasteiger partial charge in [-0.25, -0.2) is 4.39 Å². The van der Waals surface area contributed by atoms with E-state index in [2.05, 4.69) is 149 Å². The van der Waals surface area contributed by atoms with Gasteiger partial charge in [0.05, 0.1) is 0 Å². The van der Waals surface area contributed by atoms with Gasteiger partial charge in [0.1, 0.15) is 5.82 Å². The SMILES string of the molecule is C=C(C)/C(C)=C\C(C)(C)C#CC.C=C(C)N[C@@H](C)C(C)c1cccc(F)c1.C=C(c1cc(C)ccc1N(C)C)N(C)C.CC.CC.CC.CC(C)(C)C. The van der Waals surface area contributed by atoms with E-state index in [0.29, 0.717) is 5.41 Å². The fraction of sp³-hybridized carbons (Fsp3) is 0.551. The zero-order valence-electron chi connectivity index (χ0n) is 39.2. The minimum atomic E-state index is -0.179. The molecule has 0 radical (unpaired) electrons. The minimum absolute atomic E-state index is 0.0300. The van der Waals surface area contributed by atoms with Crippen LogP contribution in [0.3, 0.4) is 0 Å². The van der Waals surface area contributed by atoms with Gasteiger partial charge < -0.3 is 15.1 Å². The molecule has 0 spiro atoms. The summed E-state index contributed by atoms with van der Waals surface area (Å²) in [5.41, 5.74) is 9.47. The molecule has 304 valence electrons. The summed E-state index contributed by atoms with van der Waals surface area (Å²) < 4.78 is 13.0. The van der Waals surface area contributed by atoms with Crippen LogP contribution in [0, 0.1) is 35.4 Å². The molecule has 3 nitrogen and oxygen atoms in total. The van der Waals surface area contributed by atoms with Crippen molar-refractivity contribution in [1.29, 1.82) is 0 Å². The summed E-state index contributed by atoms with van der Waals surface area (Å²) in [6.45, 7) is 50.9. The van der Waals surface area contributed by atoms with Crippen LogP contribution in [0.4, 0.5) is 10.1 Å². The van der Waals surface area contributed by atoms with Crippen LogP contribution >= 0.6 is 0 Å². The van der Waals surface area contributed by atoms with Crippen molar-refractivity contribution in [2.75, 3.05) is 33.1 Å². The number of halogens is 1. The van der Waals surface area contributed by atoms with E-state index >= 15 is 0 Å². The third-order valence-electron chi connectivity index (χ3n) is 6.78. The second-order valence-electron chi connectivity index (χ2n) is 15.0. The average Bonchev–Trinajstić information content (AvgIpc) is 3.05. The highest BCUT2D eigenvalue weighted by Crippen LogP contribution is 2.27. The van der Waals surface area contributed by atoms with E-state index in [1.54, 1.807) is 12.1 Å². The molecule has 0 fully saturated rings. The number of allylic oxidation sites excluding steroid dienone is 4. The van der Waals surface area contributed by atoms with E-state index in [9.17, 15) is 4.39 Å². The summed E-state index contributed by atoms with van der Waals surface area (Å²) >= 11 is 0. The number of benzene rings is 2. The van der Waals surface area contributed by atoms with Crippen LogP contribution in [0.1, 0.15) is 147 Å². The number of rotatable bonds is 9. The molecule has 0 amide bonds. The first kappa shape index (κ1) is 58.6. The Balaban J connectivity index is -0.000000192. The number of nitrogens with zero attached hydrogens (tertiary/aromatic N) is 2. The van der Waals surface area contributed by atoms with Crippen molar-refractivity contribution in [3.8, 4) is 11.8 Å². The molecule has 4 heteroatoms. The molecule has 1 N–H and O–H groups in total. The van der Waals surface area contributed by atoms with Crippen molar-refractivity contribution in [1.82, 2.24) is 10.2 Å². The van der Waals surface area contributed by atoms with Crippen molar-refractivity contribution >= 4 is 11.4 Å². The molecular weight excluding hydrogens is 650 g/mol. The second kappa shape index (κ2) is 31.8. The van der Waals surface area contributed by atoms with Gasteiger partial charge in [0.2, 0.25) is 0 Å². The molecule has 53 heavy (non-hydrogen) atoms. The monoisotopic (exact) mass is 736 g/mol. The molecule has 0 aliphatic heterocycles. The summed E-state index contributed by atoms with van der Waals surface area (Å²) in [6, 6.07) is 13.4. The number of hydrogen-bond donors (Lipinski definition) is 1. The number of aryl methyl sites for hydroxylation is 1. The Hall–Kier alpha value is -3.71. The highest BCUT2D eigenvalue weighted by atomic mass is 19.1. The van der Waals surface area contributed by atoms with E-state index in [-0.39, 0.29) is 23.2 Å². The predicted molar refractivity (Wildman–Crippen MR) is 245 cm³/mol. The van der Waals surface area contributed by atoms with Gasteiger partial charge in [-0.15, -0.1) is 5.92 Å². The van der Waals surface area contributed by atoms with Gasteiger partial charge in [-0.1, -0.05) is 143 Å². The Bertz CT molecular complexity index is 1370. The fourth-order valence-corrected chi connectivity index (χ4v) is 4.13. The maximum Gasteiger partial charge on any atom is 0.123 e. The van der Waals surface area contributed by atoms with Gasteiger partial charge in [-0.3, -0.25) is 0 Å². The number of nitrogens with one attached hydrogen (secondary N) is 1. The molecule has 1 unspecified atom stereocenters. The van der Waals surface area contributed by atoms with Crippen LogP contribution in [-0.2, 0) is 0 Å². The molecule has 2 atom stereocenters. The quantitative estimate of drug-likeness (QED) is 0.204. The van der Waals surface area contributed by atoms with Gasteiger partial charge in [-0.05, 0) is 90.6 Å². The van der Waals surface area contributed by atoms with Crippen molar-refractivity contribution < 1.29 is 4.39 Å². The van der Waals surface area contributed by atoms with Gasteiger partial charge in [0, 0.05) is 68.2 Å². The van der Waals surface area contributed by atoms with E-state index in [4.69, 9.17) is 0 Å². The Morgan fingerprint density at radius 3 is 1.64 bits per heavy atom. The molecule has 2 rings (SSSR count). The molecule has 0 aliphatic rings. The molecule has 0 aromatic heterocycles.